The van der Waals surface area contributed by atoms with Crippen LogP contribution in [0.4, 0.5) is 8.78 Å². The number of alkyl halides is 2. The lowest BCUT2D eigenvalue weighted by atomic mass is 9.97. The van der Waals surface area contributed by atoms with E-state index in [1.54, 1.807) is 17.0 Å². The Morgan fingerprint density at radius 1 is 1.26 bits per heavy atom. The minimum absolute atomic E-state index is 0.300. The largest absolute Gasteiger partial charge is 0.496 e. The SMILES string of the molecule is COc1cc([C@@H](N2CCNCC2)C(F)(F)CO)c(OC)cc1Br. The molecule has 0 aliphatic carbocycles. The standard InChI is InChI=1S/C15H21BrF2N2O3/c1-22-12-8-11(16)13(23-2)7-10(12)14(15(17,18)9-21)20-5-3-19-4-6-20/h7-8,14,19,21H,3-6,9H2,1-2H3/t14-/m1/s1. The first-order chi connectivity index (χ1) is 10.9. The van der Waals surface area contributed by atoms with E-state index in [2.05, 4.69) is 21.2 Å². The second-order valence-electron chi connectivity index (χ2n) is 5.34. The van der Waals surface area contributed by atoms with Crippen LogP contribution in [0.3, 0.4) is 0 Å². The maximum absolute atomic E-state index is 14.5. The van der Waals surface area contributed by atoms with E-state index in [0.29, 0.717) is 47.7 Å². The van der Waals surface area contributed by atoms with Gasteiger partial charge in [0.25, 0.3) is 5.92 Å². The summed E-state index contributed by atoms with van der Waals surface area (Å²) in [7, 11) is 2.91. The third-order valence-corrected chi connectivity index (χ3v) is 4.55. The molecule has 8 heteroatoms. The molecule has 0 radical (unpaired) electrons. The molecule has 1 fully saturated rings. The minimum atomic E-state index is -3.30. The van der Waals surface area contributed by atoms with Crippen LogP contribution in [0, 0.1) is 0 Å². The van der Waals surface area contributed by atoms with Crippen molar-refractivity contribution in [3.8, 4) is 11.5 Å². The lowest BCUT2D eigenvalue weighted by molar-refractivity contribution is -0.119. The van der Waals surface area contributed by atoms with E-state index in [1.165, 1.54) is 14.2 Å². The van der Waals surface area contributed by atoms with Crippen molar-refractivity contribution in [1.82, 2.24) is 10.2 Å². The molecule has 1 heterocycles. The van der Waals surface area contributed by atoms with E-state index < -0.39 is 18.6 Å². The zero-order valence-electron chi connectivity index (χ0n) is 13.1. The summed E-state index contributed by atoms with van der Waals surface area (Å²) < 4.78 is 40.2. The summed E-state index contributed by atoms with van der Waals surface area (Å²) in [5.74, 6) is -2.53. The van der Waals surface area contributed by atoms with Crippen molar-refractivity contribution < 1.29 is 23.4 Å². The number of benzene rings is 1. The number of piperazine rings is 1. The predicted molar refractivity (Wildman–Crippen MR) is 86.5 cm³/mol. The number of nitrogens with zero attached hydrogens (tertiary/aromatic N) is 1. The van der Waals surface area contributed by atoms with Gasteiger partial charge in [-0.15, -0.1) is 0 Å². The molecule has 5 nitrogen and oxygen atoms in total. The first-order valence-corrected chi connectivity index (χ1v) is 8.08. The quantitative estimate of drug-likeness (QED) is 0.773. The maximum atomic E-state index is 14.5. The van der Waals surface area contributed by atoms with Crippen LogP contribution in [-0.4, -0.2) is 62.9 Å². The summed E-state index contributed by atoms with van der Waals surface area (Å²) in [4.78, 5) is 1.66. The molecule has 2 rings (SSSR count). The number of nitrogens with one attached hydrogen (secondary N) is 1. The molecular weight excluding hydrogens is 374 g/mol. The number of hydrogen-bond donors (Lipinski definition) is 2. The van der Waals surface area contributed by atoms with Crippen LogP contribution < -0.4 is 14.8 Å². The van der Waals surface area contributed by atoms with E-state index in [-0.39, 0.29) is 0 Å². The van der Waals surface area contributed by atoms with Gasteiger partial charge in [0.05, 0.1) is 18.7 Å². The second-order valence-corrected chi connectivity index (χ2v) is 6.19. The summed E-state index contributed by atoms with van der Waals surface area (Å²) in [5.41, 5.74) is 0.300. The van der Waals surface area contributed by atoms with Crippen molar-refractivity contribution in [2.75, 3.05) is 47.0 Å². The van der Waals surface area contributed by atoms with Gasteiger partial charge in [-0.3, -0.25) is 4.90 Å². The molecule has 0 saturated carbocycles. The van der Waals surface area contributed by atoms with Gasteiger partial charge in [-0.2, -0.15) is 0 Å². The monoisotopic (exact) mass is 394 g/mol. The number of ether oxygens (including phenoxy) is 2. The highest BCUT2D eigenvalue weighted by Gasteiger charge is 2.45. The van der Waals surface area contributed by atoms with Gasteiger partial charge in [0.1, 0.15) is 24.1 Å². The normalized spacial score (nSPS) is 17.8. The molecule has 23 heavy (non-hydrogen) atoms. The van der Waals surface area contributed by atoms with E-state index in [0.717, 1.165) is 0 Å². The summed E-state index contributed by atoms with van der Waals surface area (Å²) in [6.45, 7) is 0.925. The average molecular weight is 395 g/mol. The molecule has 0 unspecified atom stereocenters. The van der Waals surface area contributed by atoms with Gasteiger partial charge in [0, 0.05) is 31.7 Å². The molecule has 1 saturated heterocycles. The van der Waals surface area contributed by atoms with Crippen molar-refractivity contribution in [1.29, 1.82) is 0 Å². The van der Waals surface area contributed by atoms with Gasteiger partial charge in [-0.05, 0) is 28.1 Å². The molecule has 2 N–H and O–H groups in total. The summed E-state index contributed by atoms with van der Waals surface area (Å²) >= 11 is 3.33. The van der Waals surface area contributed by atoms with Gasteiger partial charge in [0.15, 0.2) is 0 Å². The Hall–Kier alpha value is -0.960. The molecule has 0 bridgehead atoms. The zero-order valence-corrected chi connectivity index (χ0v) is 14.7. The topological polar surface area (TPSA) is 54.0 Å². The highest BCUT2D eigenvalue weighted by molar-refractivity contribution is 9.10. The summed E-state index contributed by atoms with van der Waals surface area (Å²) in [6, 6.07) is 1.86. The summed E-state index contributed by atoms with van der Waals surface area (Å²) in [5, 5.41) is 12.4. The fourth-order valence-corrected chi connectivity index (χ4v) is 3.30. The van der Waals surface area contributed by atoms with E-state index in [9.17, 15) is 13.9 Å². The average Bonchev–Trinajstić information content (AvgIpc) is 2.56. The van der Waals surface area contributed by atoms with Crippen molar-refractivity contribution in [3.05, 3.63) is 22.2 Å². The van der Waals surface area contributed by atoms with Crippen molar-refractivity contribution in [3.63, 3.8) is 0 Å². The molecule has 1 aromatic carbocycles. The van der Waals surface area contributed by atoms with Crippen molar-refractivity contribution >= 4 is 15.9 Å². The Balaban J connectivity index is 2.53. The lowest BCUT2D eigenvalue weighted by Gasteiger charge is -2.39. The molecule has 0 spiro atoms. The van der Waals surface area contributed by atoms with Crippen LogP contribution in [0.2, 0.25) is 0 Å². The Morgan fingerprint density at radius 2 is 1.87 bits per heavy atom. The Labute approximate surface area is 142 Å². The van der Waals surface area contributed by atoms with E-state index in [1.807, 2.05) is 0 Å². The van der Waals surface area contributed by atoms with Gasteiger partial charge in [0.2, 0.25) is 0 Å². The number of hydrogen-bond acceptors (Lipinski definition) is 5. The Bertz CT molecular complexity index is 540. The van der Waals surface area contributed by atoms with Crippen LogP contribution in [-0.2, 0) is 0 Å². The fraction of sp³-hybridized carbons (Fsp3) is 0.600. The number of halogens is 3. The minimum Gasteiger partial charge on any atom is -0.496 e. The second kappa shape index (κ2) is 7.74. The molecule has 0 amide bonds. The molecule has 1 aromatic rings. The van der Waals surface area contributed by atoms with Gasteiger partial charge < -0.3 is 19.9 Å². The molecule has 1 aliphatic rings. The molecule has 0 aromatic heterocycles. The molecule has 1 atom stereocenters. The van der Waals surface area contributed by atoms with Gasteiger partial charge >= 0.3 is 0 Å². The number of methoxy groups -OCH3 is 2. The first-order valence-electron chi connectivity index (χ1n) is 7.29. The Kier molecular flexibility index (Phi) is 6.19. The molecular formula is C15H21BrF2N2O3. The van der Waals surface area contributed by atoms with Crippen LogP contribution >= 0.6 is 15.9 Å². The summed E-state index contributed by atoms with van der Waals surface area (Å²) in [6.07, 6.45) is 0. The highest BCUT2D eigenvalue weighted by atomic mass is 79.9. The third kappa shape index (κ3) is 3.93. The van der Waals surface area contributed by atoms with Gasteiger partial charge in [-0.1, -0.05) is 0 Å². The maximum Gasteiger partial charge on any atom is 0.290 e. The first kappa shape index (κ1) is 18.4. The number of aliphatic hydroxyl groups excluding tert-OH is 1. The van der Waals surface area contributed by atoms with Crippen molar-refractivity contribution in [2.45, 2.75) is 12.0 Å². The van der Waals surface area contributed by atoms with Crippen LogP contribution in [0.5, 0.6) is 11.5 Å². The Morgan fingerprint density at radius 3 is 2.39 bits per heavy atom. The van der Waals surface area contributed by atoms with E-state index in [4.69, 9.17) is 9.47 Å². The number of aliphatic hydroxyl groups is 1. The number of rotatable bonds is 6. The predicted octanol–water partition coefficient (Wildman–Crippen LogP) is 2.04. The third-order valence-electron chi connectivity index (χ3n) is 3.93. The van der Waals surface area contributed by atoms with Crippen LogP contribution in [0.15, 0.2) is 16.6 Å². The zero-order chi connectivity index (χ0) is 17.0. The molecule has 130 valence electrons. The van der Waals surface area contributed by atoms with Crippen LogP contribution in [0.25, 0.3) is 0 Å². The lowest BCUT2D eigenvalue weighted by Crippen LogP contribution is -2.51. The van der Waals surface area contributed by atoms with E-state index >= 15 is 0 Å². The fourth-order valence-electron chi connectivity index (χ4n) is 2.82. The van der Waals surface area contributed by atoms with Crippen molar-refractivity contribution in [2.24, 2.45) is 0 Å². The highest BCUT2D eigenvalue weighted by Crippen LogP contribution is 2.44. The van der Waals surface area contributed by atoms with Gasteiger partial charge in [-0.25, -0.2) is 8.78 Å². The molecule has 1 aliphatic heterocycles. The smallest absolute Gasteiger partial charge is 0.290 e. The van der Waals surface area contributed by atoms with Crippen LogP contribution in [0.1, 0.15) is 11.6 Å².